The fraction of sp³-hybridized carbons (Fsp3) is 0.250. The molecule has 0 aromatic heterocycles. The van der Waals surface area contributed by atoms with Gasteiger partial charge in [-0.2, -0.15) is 0 Å². The summed E-state index contributed by atoms with van der Waals surface area (Å²) < 4.78 is 9.76. The van der Waals surface area contributed by atoms with E-state index in [0.717, 1.165) is 24.8 Å². The van der Waals surface area contributed by atoms with Gasteiger partial charge in [0.1, 0.15) is 0 Å². The number of amides is 1. The maximum atomic E-state index is 12.1. The summed E-state index contributed by atoms with van der Waals surface area (Å²) in [6, 6.07) is 11.9. The van der Waals surface area contributed by atoms with Crippen molar-refractivity contribution in [2.24, 2.45) is 0 Å². The molecule has 1 aliphatic rings. The normalized spacial score (nSPS) is 12.2. The van der Waals surface area contributed by atoms with Gasteiger partial charge in [-0.15, -0.1) is 0 Å². The summed E-state index contributed by atoms with van der Waals surface area (Å²) in [5, 5.41) is 2.56. The maximum Gasteiger partial charge on any atom is 0.339 e. The van der Waals surface area contributed by atoms with Crippen LogP contribution < -0.4 is 5.32 Å². The van der Waals surface area contributed by atoms with Gasteiger partial charge in [-0.1, -0.05) is 18.2 Å². The molecule has 1 amide bonds. The van der Waals surface area contributed by atoms with Gasteiger partial charge in [-0.3, -0.25) is 4.79 Å². The van der Waals surface area contributed by atoms with E-state index >= 15 is 0 Å². The Balaban J connectivity index is 1.59. The number of fused-ring (bicyclic) bond motifs is 1. The lowest BCUT2D eigenvalue weighted by Crippen LogP contribution is -2.22. The van der Waals surface area contributed by atoms with Crippen LogP contribution in [0.15, 0.2) is 42.5 Å². The SMILES string of the molecule is COC(=O)c1ccccc1NC(=O)COC(=O)c1ccc2c(c1)CCC2. The monoisotopic (exact) mass is 353 g/mol. The van der Waals surface area contributed by atoms with Crippen molar-refractivity contribution in [1.29, 1.82) is 0 Å². The van der Waals surface area contributed by atoms with E-state index in [1.54, 1.807) is 24.3 Å². The highest BCUT2D eigenvalue weighted by molar-refractivity contribution is 6.02. The molecular formula is C20H19NO5. The third-order valence-corrected chi connectivity index (χ3v) is 4.28. The number of carbonyl (C=O) groups is 3. The molecule has 0 atom stereocenters. The molecule has 0 spiro atoms. The van der Waals surface area contributed by atoms with E-state index in [2.05, 4.69) is 10.1 Å². The number of benzene rings is 2. The first kappa shape index (κ1) is 17.7. The number of methoxy groups -OCH3 is 1. The van der Waals surface area contributed by atoms with E-state index in [4.69, 9.17) is 4.74 Å². The predicted octanol–water partition coefficient (Wildman–Crippen LogP) is 2.76. The van der Waals surface area contributed by atoms with Gasteiger partial charge in [0, 0.05) is 0 Å². The van der Waals surface area contributed by atoms with Gasteiger partial charge in [-0.05, 0) is 54.7 Å². The molecule has 2 aromatic carbocycles. The molecule has 26 heavy (non-hydrogen) atoms. The van der Waals surface area contributed by atoms with E-state index in [0.29, 0.717) is 11.3 Å². The van der Waals surface area contributed by atoms with Gasteiger partial charge in [0.05, 0.1) is 23.9 Å². The van der Waals surface area contributed by atoms with Crippen molar-refractivity contribution in [3.05, 3.63) is 64.7 Å². The van der Waals surface area contributed by atoms with Gasteiger partial charge in [0.2, 0.25) is 0 Å². The Hall–Kier alpha value is -3.15. The topological polar surface area (TPSA) is 81.7 Å². The van der Waals surface area contributed by atoms with Crippen molar-refractivity contribution in [3.8, 4) is 0 Å². The Bertz CT molecular complexity index is 859. The minimum Gasteiger partial charge on any atom is -0.465 e. The lowest BCUT2D eigenvalue weighted by Gasteiger charge is -2.10. The van der Waals surface area contributed by atoms with Crippen molar-refractivity contribution >= 4 is 23.5 Å². The molecule has 1 N–H and O–H groups in total. The standard InChI is InChI=1S/C20H19NO5/c1-25-20(24)16-7-2-3-8-17(16)21-18(22)12-26-19(23)15-10-9-13-5-4-6-14(13)11-15/h2-3,7-11H,4-6,12H2,1H3,(H,21,22). The van der Waals surface area contributed by atoms with Crippen LogP contribution in [0.1, 0.15) is 38.3 Å². The predicted molar refractivity (Wildman–Crippen MR) is 95.2 cm³/mol. The zero-order chi connectivity index (χ0) is 18.5. The second-order valence-electron chi connectivity index (χ2n) is 6.00. The zero-order valence-corrected chi connectivity index (χ0v) is 14.4. The Morgan fingerprint density at radius 3 is 2.58 bits per heavy atom. The van der Waals surface area contributed by atoms with Crippen molar-refractivity contribution in [1.82, 2.24) is 0 Å². The summed E-state index contributed by atoms with van der Waals surface area (Å²) in [7, 11) is 1.26. The zero-order valence-electron chi connectivity index (χ0n) is 14.4. The van der Waals surface area contributed by atoms with Crippen LogP contribution in [-0.2, 0) is 27.1 Å². The van der Waals surface area contributed by atoms with Crippen LogP contribution in [0.2, 0.25) is 0 Å². The van der Waals surface area contributed by atoms with Crippen molar-refractivity contribution < 1.29 is 23.9 Å². The second-order valence-corrected chi connectivity index (χ2v) is 6.00. The van der Waals surface area contributed by atoms with Crippen LogP contribution >= 0.6 is 0 Å². The average molecular weight is 353 g/mol. The number of hydrogen-bond donors (Lipinski definition) is 1. The molecule has 3 rings (SSSR count). The third-order valence-electron chi connectivity index (χ3n) is 4.28. The Morgan fingerprint density at radius 2 is 1.77 bits per heavy atom. The Labute approximate surface area is 151 Å². The molecule has 2 aromatic rings. The molecule has 1 aliphatic carbocycles. The lowest BCUT2D eigenvalue weighted by atomic mass is 10.1. The number of ether oxygens (including phenoxy) is 2. The van der Waals surface area contributed by atoms with E-state index in [1.165, 1.54) is 18.7 Å². The first-order chi connectivity index (χ1) is 12.6. The minimum atomic E-state index is -0.559. The van der Waals surface area contributed by atoms with Crippen LogP contribution in [0.4, 0.5) is 5.69 Å². The molecule has 0 heterocycles. The molecule has 0 fully saturated rings. The van der Waals surface area contributed by atoms with Gasteiger partial charge in [0.15, 0.2) is 6.61 Å². The van der Waals surface area contributed by atoms with E-state index in [-0.39, 0.29) is 5.56 Å². The Morgan fingerprint density at radius 1 is 1.00 bits per heavy atom. The number of rotatable bonds is 5. The van der Waals surface area contributed by atoms with Crippen LogP contribution in [0.5, 0.6) is 0 Å². The maximum absolute atomic E-state index is 12.1. The Kier molecular flexibility index (Phi) is 5.31. The number of nitrogens with one attached hydrogen (secondary N) is 1. The van der Waals surface area contributed by atoms with E-state index in [9.17, 15) is 14.4 Å². The molecule has 0 saturated heterocycles. The quantitative estimate of drug-likeness (QED) is 0.836. The molecule has 134 valence electrons. The van der Waals surface area contributed by atoms with Gasteiger partial charge in [0.25, 0.3) is 5.91 Å². The highest BCUT2D eigenvalue weighted by atomic mass is 16.5. The minimum absolute atomic E-state index is 0.230. The van der Waals surface area contributed by atoms with Crippen molar-refractivity contribution in [2.75, 3.05) is 19.0 Å². The lowest BCUT2D eigenvalue weighted by molar-refractivity contribution is -0.119. The van der Waals surface area contributed by atoms with Crippen molar-refractivity contribution in [2.45, 2.75) is 19.3 Å². The van der Waals surface area contributed by atoms with E-state index < -0.39 is 24.5 Å². The highest BCUT2D eigenvalue weighted by Crippen LogP contribution is 2.23. The molecular weight excluding hydrogens is 334 g/mol. The number of anilines is 1. The second kappa shape index (κ2) is 7.82. The summed E-state index contributed by atoms with van der Waals surface area (Å²) >= 11 is 0. The van der Waals surface area contributed by atoms with Gasteiger partial charge >= 0.3 is 11.9 Å². The molecule has 0 saturated carbocycles. The largest absolute Gasteiger partial charge is 0.465 e. The summed E-state index contributed by atoms with van der Waals surface area (Å²) in [4.78, 5) is 35.9. The highest BCUT2D eigenvalue weighted by Gasteiger charge is 2.17. The molecule has 0 unspecified atom stereocenters. The first-order valence-electron chi connectivity index (χ1n) is 8.34. The average Bonchev–Trinajstić information content (AvgIpc) is 3.13. The smallest absolute Gasteiger partial charge is 0.339 e. The molecule has 0 aliphatic heterocycles. The summed E-state index contributed by atoms with van der Waals surface area (Å²) in [6.07, 6.45) is 3.09. The van der Waals surface area contributed by atoms with Crippen LogP contribution in [0, 0.1) is 0 Å². The number of esters is 2. The third kappa shape index (κ3) is 3.91. The molecule has 6 heteroatoms. The summed E-state index contributed by atoms with van der Waals surface area (Å²) in [5.74, 6) is -1.64. The summed E-state index contributed by atoms with van der Waals surface area (Å²) in [5.41, 5.74) is 3.40. The van der Waals surface area contributed by atoms with Gasteiger partial charge < -0.3 is 14.8 Å². The van der Waals surface area contributed by atoms with Crippen LogP contribution in [0.25, 0.3) is 0 Å². The fourth-order valence-electron chi connectivity index (χ4n) is 2.98. The van der Waals surface area contributed by atoms with Crippen molar-refractivity contribution in [3.63, 3.8) is 0 Å². The molecule has 0 bridgehead atoms. The van der Waals surface area contributed by atoms with Gasteiger partial charge in [-0.25, -0.2) is 9.59 Å². The fourth-order valence-corrected chi connectivity index (χ4v) is 2.98. The first-order valence-corrected chi connectivity index (χ1v) is 8.34. The number of aryl methyl sites for hydroxylation is 2. The van der Waals surface area contributed by atoms with E-state index in [1.807, 2.05) is 12.1 Å². The number of carbonyl (C=O) groups excluding carboxylic acids is 3. The number of para-hydroxylation sites is 1. The number of hydrogen-bond acceptors (Lipinski definition) is 5. The van der Waals surface area contributed by atoms with Crippen LogP contribution in [-0.4, -0.2) is 31.6 Å². The molecule has 0 radical (unpaired) electrons. The molecule has 6 nitrogen and oxygen atoms in total. The summed E-state index contributed by atoms with van der Waals surface area (Å²) in [6.45, 7) is -0.439. The van der Waals surface area contributed by atoms with Crippen LogP contribution in [0.3, 0.4) is 0 Å².